The largest absolute Gasteiger partial charge is 0.457 e. The third kappa shape index (κ3) is 3.33. The van der Waals surface area contributed by atoms with Gasteiger partial charge in [0.15, 0.2) is 0 Å². The fraction of sp³-hybridized carbons (Fsp3) is 0.150. The molecule has 0 aliphatic carbocycles. The van der Waals surface area contributed by atoms with E-state index in [-0.39, 0.29) is 5.82 Å². The van der Waals surface area contributed by atoms with Crippen LogP contribution in [-0.4, -0.2) is 23.0 Å². The first-order chi connectivity index (χ1) is 12.2. The lowest BCUT2D eigenvalue weighted by molar-refractivity contribution is 0.476. The van der Waals surface area contributed by atoms with Crippen molar-refractivity contribution in [3.8, 4) is 11.5 Å². The highest BCUT2D eigenvalue weighted by Crippen LogP contribution is 2.30. The lowest BCUT2D eigenvalue weighted by Crippen LogP contribution is -2.32. The third-order valence-corrected chi connectivity index (χ3v) is 4.81. The Hall–Kier alpha value is -2.53. The van der Waals surface area contributed by atoms with Gasteiger partial charge in [0.05, 0.1) is 0 Å². The third-order valence-electron chi connectivity index (χ3n) is 4.15. The van der Waals surface area contributed by atoms with Crippen LogP contribution in [0.5, 0.6) is 11.5 Å². The highest BCUT2D eigenvalue weighted by Gasteiger charge is 2.21. The minimum absolute atomic E-state index is 0.256. The molecule has 126 valence electrons. The minimum Gasteiger partial charge on any atom is -0.457 e. The maximum atomic E-state index is 13.2. The van der Waals surface area contributed by atoms with Crippen molar-refractivity contribution in [2.24, 2.45) is 4.40 Å². The monoisotopic (exact) mass is 352 g/mol. The SMILES string of the molecule is Cc1cc(F)ccc1Oc1ccc(C2=CC=CN3CCSN=C23)cc1. The zero-order valence-corrected chi connectivity index (χ0v) is 14.6. The second kappa shape index (κ2) is 6.76. The molecule has 0 N–H and O–H groups in total. The minimum atomic E-state index is -0.256. The summed E-state index contributed by atoms with van der Waals surface area (Å²) >= 11 is 1.60. The average molecular weight is 352 g/mol. The van der Waals surface area contributed by atoms with Gasteiger partial charge in [-0.1, -0.05) is 12.1 Å². The zero-order valence-electron chi connectivity index (χ0n) is 13.8. The van der Waals surface area contributed by atoms with Gasteiger partial charge in [-0.05, 0) is 72.5 Å². The van der Waals surface area contributed by atoms with Crippen LogP contribution in [0.25, 0.3) is 5.57 Å². The van der Waals surface area contributed by atoms with Gasteiger partial charge in [-0.15, -0.1) is 0 Å². The van der Waals surface area contributed by atoms with Crippen molar-refractivity contribution in [1.29, 1.82) is 0 Å². The standard InChI is InChI=1S/C20H17FN2OS/c1-14-13-16(21)6-9-19(14)24-17-7-4-15(5-8-17)18-3-2-10-23-11-12-25-22-20(18)23/h2-10,13H,11-12H2,1H3. The van der Waals surface area contributed by atoms with E-state index in [1.165, 1.54) is 12.1 Å². The van der Waals surface area contributed by atoms with Crippen molar-refractivity contribution in [2.75, 3.05) is 12.3 Å². The summed E-state index contributed by atoms with van der Waals surface area (Å²) in [5, 5.41) is 0. The molecule has 2 aromatic rings. The molecule has 0 fully saturated rings. The summed E-state index contributed by atoms with van der Waals surface area (Å²) in [5.41, 5.74) is 2.98. The van der Waals surface area contributed by atoms with Crippen molar-refractivity contribution in [3.05, 3.63) is 77.8 Å². The van der Waals surface area contributed by atoms with Crippen molar-refractivity contribution in [1.82, 2.24) is 4.90 Å². The van der Waals surface area contributed by atoms with E-state index in [2.05, 4.69) is 27.6 Å². The summed E-state index contributed by atoms with van der Waals surface area (Å²) in [4.78, 5) is 2.18. The molecule has 0 bridgehead atoms. The van der Waals surface area contributed by atoms with Crippen LogP contribution in [0.3, 0.4) is 0 Å². The Balaban J connectivity index is 1.57. The summed E-state index contributed by atoms with van der Waals surface area (Å²) in [6.45, 7) is 2.81. The van der Waals surface area contributed by atoms with E-state index in [1.54, 1.807) is 18.0 Å². The molecule has 0 aromatic heterocycles. The molecular weight excluding hydrogens is 335 g/mol. The lowest BCUT2D eigenvalue weighted by atomic mass is 10.0. The summed E-state index contributed by atoms with van der Waals surface area (Å²) in [6.07, 6.45) is 6.20. The fourth-order valence-corrected chi connectivity index (χ4v) is 3.55. The summed E-state index contributed by atoms with van der Waals surface area (Å²) in [7, 11) is 0. The summed E-state index contributed by atoms with van der Waals surface area (Å²) < 4.78 is 23.7. The molecule has 0 radical (unpaired) electrons. The van der Waals surface area contributed by atoms with Gasteiger partial charge >= 0.3 is 0 Å². The van der Waals surface area contributed by atoms with Crippen molar-refractivity contribution in [2.45, 2.75) is 6.92 Å². The Morgan fingerprint density at radius 1 is 1.16 bits per heavy atom. The van der Waals surface area contributed by atoms with Crippen LogP contribution in [0, 0.1) is 12.7 Å². The summed E-state index contributed by atoms with van der Waals surface area (Å²) in [5.74, 6) is 3.13. The highest BCUT2D eigenvalue weighted by atomic mass is 32.2. The number of amidine groups is 1. The van der Waals surface area contributed by atoms with Crippen LogP contribution >= 0.6 is 11.9 Å². The van der Waals surface area contributed by atoms with E-state index < -0.39 is 0 Å². The molecule has 0 amide bonds. The van der Waals surface area contributed by atoms with Gasteiger partial charge in [0.25, 0.3) is 0 Å². The Morgan fingerprint density at radius 2 is 2.00 bits per heavy atom. The van der Waals surface area contributed by atoms with Gasteiger partial charge in [-0.3, -0.25) is 0 Å². The number of benzene rings is 2. The number of hydrogen-bond acceptors (Lipinski definition) is 4. The second-order valence-corrected chi connectivity index (χ2v) is 6.75. The van der Waals surface area contributed by atoms with Gasteiger partial charge < -0.3 is 9.64 Å². The molecule has 4 rings (SSSR count). The van der Waals surface area contributed by atoms with Gasteiger partial charge in [0.2, 0.25) is 0 Å². The number of fused-ring (bicyclic) bond motifs is 1. The number of allylic oxidation sites excluding steroid dienone is 2. The number of rotatable bonds is 3. The zero-order chi connectivity index (χ0) is 17.2. The molecule has 2 aliphatic heterocycles. The first kappa shape index (κ1) is 16.0. The molecule has 0 spiro atoms. The molecule has 25 heavy (non-hydrogen) atoms. The summed E-state index contributed by atoms with van der Waals surface area (Å²) in [6, 6.07) is 12.4. The van der Waals surface area contributed by atoms with Crippen LogP contribution < -0.4 is 4.74 Å². The van der Waals surface area contributed by atoms with E-state index >= 15 is 0 Å². The number of nitrogens with zero attached hydrogens (tertiary/aromatic N) is 2. The molecule has 2 aliphatic rings. The number of aryl methyl sites for hydroxylation is 1. The van der Waals surface area contributed by atoms with E-state index in [0.717, 1.165) is 40.6 Å². The van der Waals surface area contributed by atoms with Gasteiger partial charge in [-0.2, -0.15) is 4.40 Å². The lowest BCUT2D eigenvalue weighted by Gasteiger charge is -2.29. The highest BCUT2D eigenvalue weighted by molar-refractivity contribution is 7.98. The molecule has 0 atom stereocenters. The van der Waals surface area contributed by atoms with Crippen molar-refractivity contribution >= 4 is 23.4 Å². The van der Waals surface area contributed by atoms with Crippen molar-refractivity contribution < 1.29 is 9.13 Å². The van der Waals surface area contributed by atoms with E-state index in [1.807, 2.05) is 31.2 Å². The first-order valence-electron chi connectivity index (χ1n) is 8.10. The number of hydrogen-bond donors (Lipinski definition) is 0. The molecule has 2 heterocycles. The van der Waals surface area contributed by atoms with Crippen LogP contribution in [0.2, 0.25) is 0 Å². The van der Waals surface area contributed by atoms with Crippen LogP contribution in [0.15, 0.2) is 65.2 Å². The Morgan fingerprint density at radius 3 is 2.80 bits per heavy atom. The number of ether oxygens (including phenoxy) is 1. The molecule has 0 saturated carbocycles. The Labute approximate surface area is 150 Å². The maximum absolute atomic E-state index is 13.2. The molecule has 2 aromatic carbocycles. The molecule has 5 heteroatoms. The predicted molar refractivity (Wildman–Crippen MR) is 101 cm³/mol. The normalized spacial score (nSPS) is 16.2. The second-order valence-electron chi connectivity index (χ2n) is 5.90. The maximum Gasteiger partial charge on any atom is 0.148 e. The van der Waals surface area contributed by atoms with Gasteiger partial charge in [0.1, 0.15) is 23.2 Å². The average Bonchev–Trinajstić information content (AvgIpc) is 2.64. The quantitative estimate of drug-likeness (QED) is 0.710. The van der Waals surface area contributed by atoms with E-state index in [9.17, 15) is 4.39 Å². The molecular formula is C20H17FN2OS. The van der Waals surface area contributed by atoms with E-state index in [0.29, 0.717) is 5.75 Å². The Bertz CT molecular complexity index is 887. The van der Waals surface area contributed by atoms with Gasteiger partial charge in [-0.25, -0.2) is 4.39 Å². The van der Waals surface area contributed by atoms with Gasteiger partial charge in [0, 0.05) is 24.1 Å². The fourth-order valence-electron chi connectivity index (χ4n) is 2.85. The predicted octanol–water partition coefficient (Wildman–Crippen LogP) is 5.20. The van der Waals surface area contributed by atoms with E-state index in [4.69, 9.17) is 4.74 Å². The van der Waals surface area contributed by atoms with Crippen LogP contribution in [-0.2, 0) is 0 Å². The number of halogens is 1. The van der Waals surface area contributed by atoms with Crippen LogP contribution in [0.1, 0.15) is 11.1 Å². The Kier molecular flexibility index (Phi) is 4.32. The van der Waals surface area contributed by atoms with Crippen LogP contribution in [0.4, 0.5) is 4.39 Å². The first-order valence-corrected chi connectivity index (χ1v) is 9.05. The molecule has 3 nitrogen and oxygen atoms in total. The molecule has 0 saturated heterocycles. The topological polar surface area (TPSA) is 24.8 Å². The van der Waals surface area contributed by atoms with Crippen molar-refractivity contribution in [3.63, 3.8) is 0 Å². The molecule has 0 unspecified atom stereocenters. The smallest absolute Gasteiger partial charge is 0.148 e.